The number of piperazine rings is 1. The van der Waals surface area contributed by atoms with E-state index in [2.05, 4.69) is 22.4 Å². The maximum absolute atomic E-state index is 11.9. The number of esters is 1. The highest BCUT2D eigenvalue weighted by atomic mass is 16.5. The number of rotatable bonds is 4. The van der Waals surface area contributed by atoms with Crippen molar-refractivity contribution < 1.29 is 9.53 Å². The molecule has 1 aliphatic heterocycles. The minimum Gasteiger partial charge on any atom is -0.468 e. The molecule has 1 fully saturated rings. The Kier molecular flexibility index (Phi) is 4.90. The third kappa shape index (κ3) is 3.76. The number of nitrogens with zero attached hydrogens (tertiary/aromatic N) is 2. The van der Waals surface area contributed by atoms with Crippen molar-refractivity contribution in [3.63, 3.8) is 0 Å². The van der Waals surface area contributed by atoms with Crippen LogP contribution < -0.4 is 5.43 Å². The highest BCUT2D eigenvalue weighted by Gasteiger charge is 2.25. The highest BCUT2D eigenvalue weighted by Crippen LogP contribution is 2.15. The van der Waals surface area contributed by atoms with E-state index >= 15 is 0 Å². The number of ether oxygens (including phenoxy) is 1. The Hall–Kier alpha value is -1.43. The summed E-state index contributed by atoms with van der Waals surface area (Å²) in [5.41, 5.74) is 4.20. The summed E-state index contributed by atoms with van der Waals surface area (Å²) in [6.07, 6.45) is 0. The predicted octanol–water partition coefficient (Wildman–Crippen LogP) is 0.653. The molecule has 1 heterocycles. The van der Waals surface area contributed by atoms with Crippen LogP contribution in [0.25, 0.3) is 0 Å². The first kappa shape index (κ1) is 14.0. The lowest BCUT2D eigenvalue weighted by Gasteiger charge is -2.34. The SMILES string of the molecule is COC(=O)C(NN1CCN(C)CC1)c1ccccc1. The molecule has 1 atom stereocenters. The van der Waals surface area contributed by atoms with Crippen LogP contribution in [0.5, 0.6) is 0 Å². The van der Waals surface area contributed by atoms with E-state index in [4.69, 9.17) is 4.74 Å². The molecule has 1 saturated heterocycles. The van der Waals surface area contributed by atoms with Crippen LogP contribution >= 0.6 is 0 Å². The Balaban J connectivity index is 2.05. The van der Waals surface area contributed by atoms with Crippen LogP contribution in [-0.4, -0.2) is 56.2 Å². The smallest absolute Gasteiger partial charge is 0.328 e. The summed E-state index contributed by atoms with van der Waals surface area (Å²) in [5.74, 6) is -0.259. The first-order valence-electron chi connectivity index (χ1n) is 6.53. The van der Waals surface area contributed by atoms with Crippen molar-refractivity contribution in [2.45, 2.75) is 6.04 Å². The van der Waals surface area contributed by atoms with Crippen LogP contribution in [-0.2, 0) is 9.53 Å². The predicted molar refractivity (Wildman–Crippen MR) is 73.4 cm³/mol. The van der Waals surface area contributed by atoms with E-state index < -0.39 is 6.04 Å². The molecule has 104 valence electrons. The Bertz CT molecular complexity index is 402. The van der Waals surface area contributed by atoms with E-state index in [1.165, 1.54) is 7.11 Å². The molecule has 0 spiro atoms. The molecule has 0 aromatic heterocycles. The van der Waals surface area contributed by atoms with E-state index in [0.717, 1.165) is 31.7 Å². The maximum atomic E-state index is 11.9. The second kappa shape index (κ2) is 6.65. The monoisotopic (exact) mass is 263 g/mol. The van der Waals surface area contributed by atoms with Gasteiger partial charge in [-0.2, -0.15) is 0 Å². The first-order valence-corrected chi connectivity index (χ1v) is 6.53. The van der Waals surface area contributed by atoms with Gasteiger partial charge in [-0.25, -0.2) is 15.2 Å². The van der Waals surface area contributed by atoms with Crippen molar-refractivity contribution >= 4 is 5.97 Å². The van der Waals surface area contributed by atoms with E-state index in [1.54, 1.807) is 0 Å². The average Bonchev–Trinajstić information content (AvgIpc) is 2.47. The van der Waals surface area contributed by atoms with Crippen LogP contribution in [0.1, 0.15) is 11.6 Å². The van der Waals surface area contributed by atoms with Gasteiger partial charge in [-0.15, -0.1) is 0 Å². The zero-order chi connectivity index (χ0) is 13.7. The summed E-state index contributed by atoms with van der Waals surface area (Å²) in [6, 6.07) is 9.23. The van der Waals surface area contributed by atoms with E-state index in [0.29, 0.717) is 0 Å². The van der Waals surface area contributed by atoms with Gasteiger partial charge in [0.05, 0.1) is 7.11 Å². The van der Waals surface area contributed by atoms with Gasteiger partial charge < -0.3 is 9.64 Å². The zero-order valence-electron chi connectivity index (χ0n) is 11.5. The zero-order valence-corrected chi connectivity index (χ0v) is 11.5. The number of methoxy groups -OCH3 is 1. The summed E-state index contributed by atoms with van der Waals surface area (Å²) >= 11 is 0. The van der Waals surface area contributed by atoms with Crippen LogP contribution in [0.15, 0.2) is 30.3 Å². The number of likely N-dealkylation sites (N-methyl/N-ethyl adjacent to an activating group) is 1. The minimum atomic E-state index is -0.436. The van der Waals surface area contributed by atoms with E-state index in [1.807, 2.05) is 30.3 Å². The van der Waals surface area contributed by atoms with E-state index in [9.17, 15) is 4.79 Å². The lowest BCUT2D eigenvalue weighted by atomic mass is 10.1. The Morgan fingerprint density at radius 2 is 1.84 bits per heavy atom. The molecule has 0 aliphatic carbocycles. The lowest BCUT2D eigenvalue weighted by Crippen LogP contribution is -2.52. The molecule has 1 aromatic carbocycles. The fraction of sp³-hybridized carbons (Fsp3) is 0.500. The Morgan fingerprint density at radius 1 is 1.21 bits per heavy atom. The largest absolute Gasteiger partial charge is 0.468 e. The van der Waals surface area contributed by atoms with Crippen molar-refractivity contribution in [2.24, 2.45) is 0 Å². The van der Waals surface area contributed by atoms with Gasteiger partial charge in [0.2, 0.25) is 0 Å². The topological polar surface area (TPSA) is 44.8 Å². The van der Waals surface area contributed by atoms with Crippen LogP contribution in [0, 0.1) is 0 Å². The van der Waals surface area contributed by atoms with Gasteiger partial charge in [0.15, 0.2) is 0 Å². The van der Waals surface area contributed by atoms with Crippen molar-refractivity contribution in [3.8, 4) is 0 Å². The molecule has 5 nitrogen and oxygen atoms in total. The minimum absolute atomic E-state index is 0.259. The maximum Gasteiger partial charge on any atom is 0.328 e. The molecule has 1 aromatic rings. The van der Waals surface area contributed by atoms with Gasteiger partial charge in [-0.3, -0.25) is 0 Å². The number of benzene rings is 1. The van der Waals surface area contributed by atoms with Gasteiger partial charge in [0.25, 0.3) is 0 Å². The number of carbonyl (C=O) groups is 1. The number of hydrogen-bond acceptors (Lipinski definition) is 5. The molecular weight excluding hydrogens is 242 g/mol. The second-order valence-corrected chi connectivity index (χ2v) is 4.79. The first-order chi connectivity index (χ1) is 9.20. The molecule has 1 unspecified atom stereocenters. The quantitative estimate of drug-likeness (QED) is 0.808. The summed E-state index contributed by atoms with van der Waals surface area (Å²) < 4.78 is 4.89. The van der Waals surface area contributed by atoms with Gasteiger partial charge in [-0.1, -0.05) is 30.3 Å². The van der Waals surface area contributed by atoms with Gasteiger partial charge in [-0.05, 0) is 12.6 Å². The van der Waals surface area contributed by atoms with Crippen molar-refractivity contribution in [2.75, 3.05) is 40.3 Å². The van der Waals surface area contributed by atoms with Crippen LogP contribution in [0.3, 0.4) is 0 Å². The highest BCUT2D eigenvalue weighted by molar-refractivity contribution is 5.77. The number of nitrogens with one attached hydrogen (secondary N) is 1. The molecular formula is C14H21N3O2. The van der Waals surface area contributed by atoms with Gasteiger partial charge in [0.1, 0.15) is 6.04 Å². The number of hydrogen-bond donors (Lipinski definition) is 1. The Morgan fingerprint density at radius 3 is 2.42 bits per heavy atom. The van der Waals surface area contributed by atoms with Crippen LogP contribution in [0.4, 0.5) is 0 Å². The molecule has 0 radical (unpaired) electrons. The average molecular weight is 263 g/mol. The normalized spacial score (nSPS) is 19.1. The van der Waals surface area contributed by atoms with Crippen molar-refractivity contribution in [3.05, 3.63) is 35.9 Å². The molecule has 0 saturated carbocycles. The van der Waals surface area contributed by atoms with Crippen molar-refractivity contribution in [1.29, 1.82) is 0 Å². The second-order valence-electron chi connectivity index (χ2n) is 4.79. The molecule has 2 rings (SSSR count). The molecule has 1 aliphatic rings. The third-order valence-corrected chi connectivity index (χ3v) is 3.38. The van der Waals surface area contributed by atoms with Crippen molar-refractivity contribution in [1.82, 2.24) is 15.3 Å². The molecule has 5 heteroatoms. The summed E-state index contributed by atoms with van der Waals surface area (Å²) in [5, 5.41) is 2.09. The standard InChI is InChI=1S/C14H21N3O2/c1-16-8-10-17(11-9-16)15-13(14(18)19-2)12-6-4-3-5-7-12/h3-7,13,15H,8-11H2,1-2H3. The lowest BCUT2D eigenvalue weighted by molar-refractivity contribution is -0.145. The summed E-state index contributed by atoms with van der Waals surface area (Å²) in [6.45, 7) is 3.79. The van der Waals surface area contributed by atoms with E-state index in [-0.39, 0.29) is 5.97 Å². The Labute approximate surface area is 114 Å². The van der Waals surface area contributed by atoms with Crippen LogP contribution in [0.2, 0.25) is 0 Å². The third-order valence-electron chi connectivity index (χ3n) is 3.38. The van der Waals surface area contributed by atoms with Gasteiger partial charge >= 0.3 is 5.97 Å². The molecule has 0 amide bonds. The molecule has 19 heavy (non-hydrogen) atoms. The van der Waals surface area contributed by atoms with Gasteiger partial charge in [0, 0.05) is 26.2 Å². The summed E-state index contributed by atoms with van der Waals surface area (Å²) in [4.78, 5) is 14.2. The molecule has 0 bridgehead atoms. The molecule has 1 N–H and O–H groups in total. The number of carbonyl (C=O) groups excluding carboxylic acids is 1. The fourth-order valence-electron chi connectivity index (χ4n) is 2.14. The summed E-state index contributed by atoms with van der Waals surface area (Å²) in [7, 11) is 3.52. The fourth-order valence-corrected chi connectivity index (χ4v) is 2.14. The number of hydrazine groups is 1.